The molecule has 0 aliphatic rings. The molecule has 0 spiro atoms. The summed E-state index contributed by atoms with van der Waals surface area (Å²) < 4.78 is 1.15. The van der Waals surface area contributed by atoms with Crippen LogP contribution in [-0.2, 0) is 0 Å². The van der Waals surface area contributed by atoms with Crippen molar-refractivity contribution in [2.75, 3.05) is 6.54 Å². The largest absolute Gasteiger partial charge is 0.306 e. The van der Waals surface area contributed by atoms with Crippen LogP contribution in [0.4, 0.5) is 0 Å². The molecule has 0 amide bonds. The Morgan fingerprint density at radius 2 is 1.72 bits per heavy atom. The summed E-state index contributed by atoms with van der Waals surface area (Å²) in [6.45, 7) is 5.20. The van der Waals surface area contributed by atoms with E-state index in [1.165, 1.54) is 16.7 Å². The first kappa shape index (κ1) is 13.3. The van der Waals surface area contributed by atoms with Crippen LogP contribution in [0.25, 0.3) is 0 Å². The molecule has 0 aliphatic heterocycles. The van der Waals surface area contributed by atoms with Crippen LogP contribution in [-0.4, -0.2) is 6.54 Å². The van der Waals surface area contributed by atoms with Gasteiger partial charge >= 0.3 is 0 Å². The maximum absolute atomic E-state index is 3.64. The van der Waals surface area contributed by atoms with Gasteiger partial charge in [-0.3, -0.25) is 0 Å². The number of hydrogen-bond donors (Lipinski definition) is 1. The molecule has 0 saturated carbocycles. The molecule has 0 saturated heterocycles. The van der Waals surface area contributed by atoms with Crippen LogP contribution in [0.5, 0.6) is 0 Å². The molecule has 0 fully saturated rings. The summed E-state index contributed by atoms with van der Waals surface area (Å²) in [4.78, 5) is 0. The molecule has 2 aromatic carbocycles. The molecule has 0 radical (unpaired) electrons. The van der Waals surface area contributed by atoms with Crippen LogP contribution in [0.3, 0.4) is 0 Å². The lowest BCUT2D eigenvalue weighted by atomic mass is 9.98. The Morgan fingerprint density at radius 1 is 1.06 bits per heavy atom. The fourth-order valence-corrected chi connectivity index (χ4v) is 2.59. The van der Waals surface area contributed by atoms with E-state index < -0.39 is 0 Å². The van der Waals surface area contributed by atoms with Crippen LogP contribution < -0.4 is 5.32 Å². The van der Waals surface area contributed by atoms with E-state index in [4.69, 9.17) is 0 Å². The molecule has 0 heterocycles. The quantitative estimate of drug-likeness (QED) is 0.879. The van der Waals surface area contributed by atoms with Gasteiger partial charge in [0, 0.05) is 4.47 Å². The zero-order valence-electron chi connectivity index (χ0n) is 10.8. The summed E-state index contributed by atoms with van der Waals surface area (Å²) >= 11 is 3.64. The third kappa shape index (κ3) is 3.01. The van der Waals surface area contributed by atoms with Gasteiger partial charge in [-0.05, 0) is 30.7 Å². The van der Waals surface area contributed by atoms with Crippen molar-refractivity contribution in [3.63, 3.8) is 0 Å². The minimum atomic E-state index is 0.242. The van der Waals surface area contributed by atoms with Gasteiger partial charge < -0.3 is 5.32 Å². The lowest BCUT2D eigenvalue weighted by Crippen LogP contribution is -2.22. The van der Waals surface area contributed by atoms with E-state index in [2.05, 4.69) is 77.6 Å². The number of halogens is 1. The molecule has 0 bridgehead atoms. The Kier molecular flexibility index (Phi) is 4.56. The normalized spacial score (nSPS) is 12.4. The summed E-state index contributed by atoms with van der Waals surface area (Å²) in [5.41, 5.74) is 3.87. The van der Waals surface area contributed by atoms with E-state index in [1.54, 1.807) is 0 Å². The highest BCUT2D eigenvalue weighted by molar-refractivity contribution is 9.10. The molecule has 0 aliphatic carbocycles. The number of benzene rings is 2. The molecule has 2 heteroatoms. The monoisotopic (exact) mass is 303 g/mol. The molecular formula is C16H18BrN. The maximum Gasteiger partial charge on any atom is 0.0587 e. The summed E-state index contributed by atoms with van der Waals surface area (Å²) in [6, 6.07) is 17.3. The number of aryl methyl sites for hydroxylation is 1. The first-order valence-electron chi connectivity index (χ1n) is 6.26. The van der Waals surface area contributed by atoms with E-state index >= 15 is 0 Å². The van der Waals surface area contributed by atoms with Crippen LogP contribution in [0.2, 0.25) is 0 Å². The molecular weight excluding hydrogens is 286 g/mol. The average Bonchev–Trinajstić information content (AvgIpc) is 2.38. The highest BCUT2D eigenvalue weighted by Crippen LogP contribution is 2.28. The topological polar surface area (TPSA) is 12.0 Å². The summed E-state index contributed by atoms with van der Waals surface area (Å²) in [5.74, 6) is 0. The zero-order chi connectivity index (χ0) is 13.0. The second-order valence-corrected chi connectivity index (χ2v) is 5.28. The lowest BCUT2D eigenvalue weighted by molar-refractivity contribution is 0.628. The second kappa shape index (κ2) is 6.17. The Bertz CT molecular complexity index is 505. The van der Waals surface area contributed by atoms with Gasteiger partial charge in [-0.15, -0.1) is 0 Å². The van der Waals surface area contributed by atoms with Crippen molar-refractivity contribution in [3.05, 3.63) is 69.7 Å². The average molecular weight is 304 g/mol. The van der Waals surface area contributed by atoms with Crippen LogP contribution >= 0.6 is 15.9 Å². The van der Waals surface area contributed by atoms with E-state index in [0.29, 0.717) is 0 Å². The molecule has 1 N–H and O–H groups in total. The van der Waals surface area contributed by atoms with Gasteiger partial charge in [-0.1, -0.05) is 70.9 Å². The predicted octanol–water partition coefficient (Wildman–Crippen LogP) is 4.46. The van der Waals surface area contributed by atoms with Crippen molar-refractivity contribution >= 4 is 15.9 Å². The third-order valence-corrected chi connectivity index (χ3v) is 3.76. The molecule has 18 heavy (non-hydrogen) atoms. The smallest absolute Gasteiger partial charge is 0.0587 e. The van der Waals surface area contributed by atoms with Crippen molar-refractivity contribution < 1.29 is 0 Å². The summed E-state index contributed by atoms with van der Waals surface area (Å²) in [6.07, 6.45) is 0. The second-order valence-electron chi connectivity index (χ2n) is 4.42. The maximum atomic E-state index is 3.64. The third-order valence-electron chi connectivity index (χ3n) is 3.04. The van der Waals surface area contributed by atoms with Crippen molar-refractivity contribution in [2.45, 2.75) is 19.9 Å². The summed E-state index contributed by atoms with van der Waals surface area (Å²) in [7, 11) is 0. The minimum absolute atomic E-state index is 0.242. The first-order valence-corrected chi connectivity index (χ1v) is 7.06. The fourth-order valence-electron chi connectivity index (χ4n) is 2.08. The summed E-state index contributed by atoms with van der Waals surface area (Å²) in [5, 5.41) is 3.55. The highest BCUT2D eigenvalue weighted by atomic mass is 79.9. The lowest BCUT2D eigenvalue weighted by Gasteiger charge is -2.20. The molecule has 1 nitrogen and oxygen atoms in total. The van der Waals surface area contributed by atoms with Gasteiger partial charge in [0.15, 0.2) is 0 Å². The molecule has 0 aromatic heterocycles. The van der Waals surface area contributed by atoms with Gasteiger partial charge in [0.25, 0.3) is 0 Å². The Morgan fingerprint density at radius 3 is 2.33 bits per heavy atom. The molecule has 1 unspecified atom stereocenters. The SMILES string of the molecule is CCNC(c1ccc(C)cc1)c1ccccc1Br. The fraction of sp³-hybridized carbons (Fsp3) is 0.250. The minimum Gasteiger partial charge on any atom is -0.306 e. The van der Waals surface area contributed by atoms with E-state index in [-0.39, 0.29) is 6.04 Å². The van der Waals surface area contributed by atoms with E-state index in [1.807, 2.05) is 6.07 Å². The molecule has 1 atom stereocenters. The van der Waals surface area contributed by atoms with Gasteiger partial charge in [0.1, 0.15) is 0 Å². The molecule has 94 valence electrons. The molecule has 2 rings (SSSR count). The van der Waals surface area contributed by atoms with Crippen molar-refractivity contribution in [1.82, 2.24) is 5.32 Å². The van der Waals surface area contributed by atoms with E-state index in [9.17, 15) is 0 Å². The predicted molar refractivity (Wildman–Crippen MR) is 80.8 cm³/mol. The van der Waals surface area contributed by atoms with Gasteiger partial charge in [-0.2, -0.15) is 0 Å². The van der Waals surface area contributed by atoms with Gasteiger partial charge in [0.05, 0.1) is 6.04 Å². The van der Waals surface area contributed by atoms with Crippen molar-refractivity contribution in [2.24, 2.45) is 0 Å². The van der Waals surface area contributed by atoms with Gasteiger partial charge in [0.2, 0.25) is 0 Å². The van der Waals surface area contributed by atoms with Crippen LogP contribution in [0.1, 0.15) is 29.7 Å². The first-order chi connectivity index (χ1) is 8.72. The zero-order valence-corrected chi connectivity index (χ0v) is 12.4. The highest BCUT2D eigenvalue weighted by Gasteiger charge is 2.14. The Labute approximate surface area is 117 Å². The number of hydrogen-bond acceptors (Lipinski definition) is 1. The standard InChI is InChI=1S/C16H18BrN/c1-3-18-16(13-10-8-12(2)9-11-13)14-6-4-5-7-15(14)17/h4-11,16,18H,3H2,1-2H3. The number of nitrogens with one attached hydrogen (secondary N) is 1. The van der Waals surface area contributed by atoms with Crippen molar-refractivity contribution in [1.29, 1.82) is 0 Å². The van der Waals surface area contributed by atoms with Crippen LogP contribution in [0, 0.1) is 6.92 Å². The van der Waals surface area contributed by atoms with Gasteiger partial charge in [-0.25, -0.2) is 0 Å². The Hall–Kier alpha value is -1.12. The molecule has 2 aromatic rings. The van der Waals surface area contributed by atoms with Crippen molar-refractivity contribution in [3.8, 4) is 0 Å². The number of rotatable bonds is 4. The Balaban J connectivity index is 2.40. The van der Waals surface area contributed by atoms with Crippen LogP contribution in [0.15, 0.2) is 53.0 Å². The van der Waals surface area contributed by atoms with E-state index in [0.717, 1.165) is 11.0 Å².